The van der Waals surface area contributed by atoms with Gasteiger partial charge in [-0.05, 0) is 54.3 Å². The lowest BCUT2D eigenvalue weighted by Gasteiger charge is -2.14. The third-order valence-corrected chi connectivity index (χ3v) is 6.48. The Morgan fingerprint density at radius 1 is 0.943 bits per heavy atom. The van der Waals surface area contributed by atoms with Gasteiger partial charge < -0.3 is 15.0 Å². The van der Waals surface area contributed by atoms with E-state index in [1.165, 1.54) is 5.56 Å². The van der Waals surface area contributed by atoms with Crippen LogP contribution in [0.15, 0.2) is 84.9 Å². The highest BCUT2D eigenvalue weighted by Crippen LogP contribution is 2.34. The van der Waals surface area contributed by atoms with Crippen molar-refractivity contribution in [1.29, 1.82) is 0 Å². The van der Waals surface area contributed by atoms with Gasteiger partial charge in [0.25, 0.3) is 0 Å². The molecular weight excluding hydrogens is 432 g/mol. The maximum absolute atomic E-state index is 12.3. The normalized spacial score (nSPS) is 11.2. The summed E-state index contributed by atoms with van der Waals surface area (Å²) in [5, 5.41) is 1.79. The summed E-state index contributed by atoms with van der Waals surface area (Å²) in [6.07, 6.45) is 3.27. The first-order chi connectivity index (χ1) is 17.2. The number of para-hydroxylation sites is 1. The van der Waals surface area contributed by atoms with E-state index < -0.39 is 5.91 Å². The van der Waals surface area contributed by atoms with Gasteiger partial charge in [0.15, 0.2) is 0 Å². The Morgan fingerprint density at radius 2 is 1.74 bits per heavy atom. The molecule has 2 N–H and O–H groups in total. The Hall–Kier alpha value is -4.05. The molecule has 35 heavy (non-hydrogen) atoms. The maximum Gasteiger partial charge on any atom is 0.249 e. The van der Waals surface area contributed by atoms with Gasteiger partial charge in [0.2, 0.25) is 5.91 Å². The van der Waals surface area contributed by atoms with Crippen molar-refractivity contribution in [1.82, 2.24) is 4.57 Å². The number of nitrogens with zero attached hydrogens (tertiary/aromatic N) is 1. The van der Waals surface area contributed by atoms with Crippen LogP contribution in [0.5, 0.6) is 5.75 Å². The van der Waals surface area contributed by atoms with Crippen LogP contribution in [0.3, 0.4) is 0 Å². The second-order valence-corrected chi connectivity index (χ2v) is 8.90. The van der Waals surface area contributed by atoms with Gasteiger partial charge in [-0.3, -0.25) is 4.79 Å². The number of carbonyl (C=O) groups excluding carboxylic acids is 1. The Labute approximate surface area is 205 Å². The summed E-state index contributed by atoms with van der Waals surface area (Å²) in [4.78, 5) is 12.3. The third kappa shape index (κ3) is 4.65. The van der Waals surface area contributed by atoms with Crippen molar-refractivity contribution in [2.24, 2.45) is 5.73 Å². The molecule has 0 saturated heterocycles. The van der Waals surface area contributed by atoms with E-state index in [0.29, 0.717) is 18.7 Å². The fourth-order valence-corrected chi connectivity index (χ4v) is 4.68. The highest BCUT2D eigenvalue weighted by atomic mass is 16.5. The van der Waals surface area contributed by atoms with Gasteiger partial charge in [0, 0.05) is 21.9 Å². The SMILES string of the molecule is CCCCc1c[c]c2c3c(C(N)=O)cccc3n(Cc3ccccc3OCc3ccccc3)c2c1. The van der Waals surface area contributed by atoms with Crippen LogP contribution in [0, 0.1) is 6.07 Å². The number of carbonyl (C=O) groups is 1. The van der Waals surface area contributed by atoms with Crippen molar-refractivity contribution in [3.8, 4) is 5.75 Å². The van der Waals surface area contributed by atoms with E-state index >= 15 is 0 Å². The van der Waals surface area contributed by atoms with E-state index in [2.05, 4.69) is 54.0 Å². The molecule has 0 unspecified atom stereocenters. The maximum atomic E-state index is 12.3. The van der Waals surface area contributed by atoms with Crippen molar-refractivity contribution in [3.05, 3.63) is 113 Å². The molecule has 5 rings (SSSR count). The molecule has 1 aromatic heterocycles. The number of hydrogen-bond donors (Lipinski definition) is 1. The fourth-order valence-electron chi connectivity index (χ4n) is 4.68. The molecule has 0 bridgehead atoms. The van der Waals surface area contributed by atoms with Crippen LogP contribution < -0.4 is 10.5 Å². The van der Waals surface area contributed by atoms with Crippen molar-refractivity contribution in [2.75, 3.05) is 0 Å². The van der Waals surface area contributed by atoms with E-state index in [-0.39, 0.29) is 0 Å². The number of aryl methyl sites for hydroxylation is 1. The number of hydrogen-bond acceptors (Lipinski definition) is 2. The molecule has 1 radical (unpaired) electrons. The zero-order valence-electron chi connectivity index (χ0n) is 20.0. The zero-order valence-corrected chi connectivity index (χ0v) is 20.0. The number of primary amides is 1. The van der Waals surface area contributed by atoms with Gasteiger partial charge in [-0.2, -0.15) is 0 Å². The van der Waals surface area contributed by atoms with Crippen LogP contribution in [0.2, 0.25) is 0 Å². The second kappa shape index (κ2) is 10.1. The second-order valence-electron chi connectivity index (χ2n) is 8.90. The molecule has 4 aromatic carbocycles. The first-order valence-corrected chi connectivity index (χ1v) is 12.2. The number of aromatic nitrogens is 1. The number of rotatable bonds is 9. The van der Waals surface area contributed by atoms with Crippen molar-refractivity contribution in [3.63, 3.8) is 0 Å². The summed E-state index contributed by atoms with van der Waals surface area (Å²) in [6.45, 7) is 3.31. The average Bonchev–Trinajstić information content (AvgIpc) is 3.20. The molecule has 0 fully saturated rings. The molecule has 0 saturated carbocycles. The molecule has 4 nitrogen and oxygen atoms in total. The predicted molar refractivity (Wildman–Crippen MR) is 142 cm³/mol. The van der Waals surface area contributed by atoms with Crippen LogP contribution in [-0.4, -0.2) is 10.5 Å². The summed E-state index contributed by atoms with van der Waals surface area (Å²) in [5.74, 6) is 0.424. The van der Waals surface area contributed by atoms with Crippen LogP contribution >= 0.6 is 0 Å². The van der Waals surface area contributed by atoms with Gasteiger partial charge in [-0.1, -0.05) is 74.0 Å². The smallest absolute Gasteiger partial charge is 0.249 e. The number of nitrogens with two attached hydrogens (primary N) is 1. The van der Waals surface area contributed by atoms with Gasteiger partial charge in [0.1, 0.15) is 12.4 Å². The molecule has 0 aliphatic rings. The highest BCUT2D eigenvalue weighted by molar-refractivity contribution is 6.17. The zero-order chi connectivity index (χ0) is 24.2. The Kier molecular flexibility index (Phi) is 6.53. The summed E-state index contributed by atoms with van der Waals surface area (Å²) in [5.41, 5.74) is 11.8. The van der Waals surface area contributed by atoms with Crippen molar-refractivity contribution < 1.29 is 9.53 Å². The minimum atomic E-state index is -0.426. The molecule has 0 spiro atoms. The molecule has 5 aromatic rings. The quantitative estimate of drug-likeness (QED) is 0.267. The number of amides is 1. The number of benzene rings is 4. The topological polar surface area (TPSA) is 57.2 Å². The van der Waals surface area contributed by atoms with Crippen molar-refractivity contribution >= 4 is 27.7 Å². The van der Waals surface area contributed by atoms with Crippen molar-refractivity contribution in [2.45, 2.75) is 39.3 Å². The van der Waals surface area contributed by atoms with Gasteiger partial charge in [0.05, 0.1) is 17.6 Å². The van der Waals surface area contributed by atoms with E-state index in [0.717, 1.165) is 57.9 Å². The third-order valence-electron chi connectivity index (χ3n) is 6.48. The molecule has 0 atom stereocenters. The van der Waals surface area contributed by atoms with Crippen LogP contribution in [0.4, 0.5) is 0 Å². The first-order valence-electron chi connectivity index (χ1n) is 12.2. The minimum Gasteiger partial charge on any atom is -0.489 e. The molecular formula is C31H29N2O2. The van der Waals surface area contributed by atoms with E-state index in [1.54, 1.807) is 6.07 Å². The summed E-state index contributed by atoms with van der Waals surface area (Å²) in [6, 6.07) is 31.8. The summed E-state index contributed by atoms with van der Waals surface area (Å²) >= 11 is 0. The van der Waals surface area contributed by atoms with E-state index in [9.17, 15) is 4.79 Å². The lowest BCUT2D eigenvalue weighted by atomic mass is 10.0. The van der Waals surface area contributed by atoms with E-state index in [4.69, 9.17) is 10.5 Å². The van der Waals surface area contributed by atoms with Crippen LogP contribution in [0.1, 0.15) is 46.8 Å². The molecule has 4 heteroatoms. The lowest BCUT2D eigenvalue weighted by Crippen LogP contribution is -2.11. The monoisotopic (exact) mass is 461 g/mol. The van der Waals surface area contributed by atoms with E-state index in [1.807, 2.05) is 42.5 Å². The van der Waals surface area contributed by atoms with Gasteiger partial charge >= 0.3 is 0 Å². The predicted octanol–water partition coefficient (Wildman–Crippen LogP) is 6.66. The number of fused-ring (bicyclic) bond motifs is 3. The minimum absolute atomic E-state index is 0.426. The number of ether oxygens (including phenoxy) is 1. The molecule has 1 amide bonds. The Bertz CT molecular complexity index is 1480. The average molecular weight is 462 g/mol. The highest BCUT2D eigenvalue weighted by Gasteiger charge is 2.18. The number of unbranched alkanes of at least 4 members (excludes halogenated alkanes) is 1. The van der Waals surface area contributed by atoms with Gasteiger partial charge in [-0.25, -0.2) is 0 Å². The van der Waals surface area contributed by atoms with Crippen LogP contribution in [0.25, 0.3) is 21.8 Å². The summed E-state index contributed by atoms with van der Waals surface area (Å²) in [7, 11) is 0. The molecule has 175 valence electrons. The lowest BCUT2D eigenvalue weighted by molar-refractivity contribution is 0.100. The standard InChI is InChI=1S/C31H29N2O2/c1-2-3-10-22-17-18-25-28(19-22)33(27-15-9-14-26(30(25)27)31(32)34)20-24-13-7-8-16-29(24)35-21-23-11-5-4-6-12-23/h4-9,11-17,19H,2-3,10,20-21H2,1H3,(H2,32,34). The van der Waals surface area contributed by atoms with Crippen LogP contribution in [-0.2, 0) is 19.6 Å². The molecule has 0 aliphatic carbocycles. The van der Waals surface area contributed by atoms with Gasteiger partial charge in [-0.15, -0.1) is 0 Å². The Balaban J connectivity index is 1.60. The summed E-state index contributed by atoms with van der Waals surface area (Å²) < 4.78 is 8.50. The fraction of sp³-hybridized carbons (Fsp3) is 0.194. The molecule has 1 heterocycles. The first kappa shape index (κ1) is 22.7. The largest absolute Gasteiger partial charge is 0.489 e. The molecule has 0 aliphatic heterocycles. The Morgan fingerprint density at radius 3 is 2.54 bits per heavy atom.